The fraction of sp³-hybridized carbons (Fsp3) is 0.667. The van der Waals surface area contributed by atoms with Crippen molar-refractivity contribution in [3.8, 4) is 0 Å². The van der Waals surface area contributed by atoms with Gasteiger partial charge >= 0.3 is 36.3 Å². The Morgan fingerprint density at radius 1 is 0.571 bits per heavy atom. The van der Waals surface area contributed by atoms with Gasteiger partial charge in [-0.15, -0.1) is 0 Å². The van der Waals surface area contributed by atoms with E-state index in [9.17, 15) is 62.3 Å². The maximum atomic E-state index is 10.9. The van der Waals surface area contributed by atoms with Gasteiger partial charge < -0.3 is 5.48 Å². The van der Waals surface area contributed by atoms with Crippen molar-refractivity contribution >= 4 is 11.6 Å². The normalized spacial score (nSPS) is 13.7. The van der Waals surface area contributed by atoms with Crippen LogP contribution in [0.2, 0.25) is 0 Å². The standard InChI is InChI=1S/2C3F6O.H2O/c2*4-2(5,6)1(10)3(7,8)9;/h;;1H2/i/hD2. The summed E-state index contributed by atoms with van der Waals surface area (Å²) in [5, 5.41) is 0. The zero-order valence-corrected chi connectivity index (χ0v) is 8.76. The molecule has 0 amide bonds. The van der Waals surface area contributed by atoms with E-state index in [0.717, 1.165) is 0 Å². The Kier molecular flexibility index (Phi) is 6.44. The highest BCUT2D eigenvalue weighted by Gasteiger charge is 2.56. The lowest BCUT2D eigenvalue weighted by Crippen LogP contribution is -2.36. The van der Waals surface area contributed by atoms with Crippen LogP contribution in [0.3, 0.4) is 0 Å². The molecule has 0 aromatic rings. The Balaban J connectivity index is -0.000000297. The topological polar surface area (TPSA) is 65.6 Å². The lowest BCUT2D eigenvalue weighted by atomic mass is 10.4. The molecule has 0 aromatic carbocycles. The molecule has 0 radical (unpaired) electrons. The maximum Gasteiger partial charge on any atom is 0.459 e. The van der Waals surface area contributed by atoms with Crippen molar-refractivity contribution < 1.29 is 67.8 Å². The number of alkyl halides is 12. The van der Waals surface area contributed by atoms with E-state index in [1.165, 1.54) is 0 Å². The third-order valence-electron chi connectivity index (χ3n) is 1.03. The van der Waals surface area contributed by atoms with E-state index < -0.39 is 36.3 Å². The minimum atomic E-state index is -5.82. The SMILES string of the molecule is O=C(C(F)(F)F)C(F)(F)F.O=C(C(F)(F)F)C(F)(F)F.[2H]O[2H]. The molecular formula is C6H2F12O3. The molecule has 128 valence electrons. The quantitative estimate of drug-likeness (QED) is 0.629. The molecule has 0 saturated carbocycles. The molecule has 0 aliphatic carbocycles. The molecule has 0 saturated heterocycles. The van der Waals surface area contributed by atoms with Gasteiger partial charge in [-0.1, -0.05) is 0 Å². The molecular weight excluding hydrogens is 348 g/mol. The first kappa shape index (κ1) is 19.5. The van der Waals surface area contributed by atoms with Crippen molar-refractivity contribution in [1.82, 2.24) is 0 Å². The minimum Gasteiger partial charge on any atom is -0.412 e. The highest BCUT2D eigenvalue weighted by Crippen LogP contribution is 2.28. The lowest BCUT2D eigenvalue weighted by molar-refractivity contribution is -0.217. The molecule has 21 heavy (non-hydrogen) atoms. The largest absolute Gasteiger partial charge is 0.459 e. The molecule has 3 nitrogen and oxygen atoms in total. The summed E-state index contributed by atoms with van der Waals surface area (Å²) in [6, 6.07) is 0. The van der Waals surface area contributed by atoms with Crippen LogP contribution in [0.1, 0.15) is 0 Å². The second kappa shape index (κ2) is 6.95. The van der Waals surface area contributed by atoms with Crippen molar-refractivity contribution in [2.24, 2.45) is 0 Å². The Morgan fingerprint density at radius 2 is 0.667 bits per heavy atom. The van der Waals surface area contributed by atoms with E-state index in [0.29, 0.717) is 0 Å². The molecule has 0 rings (SSSR count). The molecule has 0 heterocycles. The number of ketones is 2. The second-order valence-corrected chi connectivity index (χ2v) is 2.65. The first-order chi connectivity index (χ1) is 9.72. The molecule has 0 bridgehead atoms. The zero-order valence-electron chi connectivity index (χ0n) is 10.8. The van der Waals surface area contributed by atoms with Crippen LogP contribution in [0, 0.1) is 0 Å². The van der Waals surface area contributed by atoms with Crippen molar-refractivity contribution in [2.75, 3.05) is 0 Å². The summed E-state index contributed by atoms with van der Waals surface area (Å²) in [7, 11) is 0. The highest BCUT2D eigenvalue weighted by molar-refractivity contribution is 5.89. The van der Waals surface area contributed by atoms with Crippen LogP contribution >= 0.6 is 0 Å². The van der Waals surface area contributed by atoms with Gasteiger partial charge in [-0.25, -0.2) is 0 Å². The number of Topliss-reactive ketones (excluding diaryl/α,β-unsaturated/α-hetero) is 2. The smallest absolute Gasteiger partial charge is 0.412 e. The van der Waals surface area contributed by atoms with Crippen molar-refractivity contribution in [3.05, 3.63) is 0 Å². The average molecular weight is 352 g/mol. The summed E-state index contributed by atoms with van der Waals surface area (Å²) < 4.78 is 141. The number of hydrogen-bond donors (Lipinski definition) is 0. The van der Waals surface area contributed by atoms with Gasteiger partial charge in [0.25, 0.3) is 0 Å². The van der Waals surface area contributed by atoms with E-state index in [4.69, 9.17) is 2.86 Å². The van der Waals surface area contributed by atoms with Crippen LogP contribution in [0.4, 0.5) is 52.7 Å². The van der Waals surface area contributed by atoms with Gasteiger partial charge in [0.1, 0.15) is 0 Å². The Labute approximate surface area is 108 Å². The van der Waals surface area contributed by atoms with E-state index in [-0.39, 0.29) is 0 Å². The first-order valence-corrected chi connectivity index (χ1v) is 3.68. The predicted octanol–water partition coefficient (Wildman–Crippen LogP) is 2.54. The third-order valence-corrected chi connectivity index (χ3v) is 1.03. The lowest BCUT2D eigenvalue weighted by Gasteiger charge is -2.06. The van der Waals surface area contributed by atoms with E-state index in [1.54, 1.807) is 0 Å². The van der Waals surface area contributed by atoms with Gasteiger partial charge in [-0.2, -0.15) is 52.7 Å². The van der Waals surface area contributed by atoms with E-state index in [2.05, 4.69) is 5.48 Å². The number of hydrogen-bond acceptors (Lipinski definition) is 2. The van der Waals surface area contributed by atoms with Crippen molar-refractivity contribution in [3.63, 3.8) is 0 Å². The molecule has 0 spiro atoms. The second-order valence-electron chi connectivity index (χ2n) is 2.65. The van der Waals surface area contributed by atoms with Crippen LogP contribution in [0.5, 0.6) is 0 Å². The van der Waals surface area contributed by atoms with Gasteiger partial charge in [0.2, 0.25) is 2.86 Å². The molecule has 0 aromatic heterocycles. The summed E-state index contributed by atoms with van der Waals surface area (Å²) in [5.74, 6) is -7.36. The average Bonchev–Trinajstić information content (AvgIpc) is 2.24. The Hall–Kier alpha value is -1.54. The van der Waals surface area contributed by atoms with Crippen LogP contribution in [-0.2, 0) is 9.59 Å². The first-order valence-electron chi connectivity index (χ1n) is 4.49. The van der Waals surface area contributed by atoms with Crippen LogP contribution in [0.15, 0.2) is 0 Å². The van der Waals surface area contributed by atoms with Gasteiger partial charge in [-0.05, 0) is 0 Å². The number of carbonyl (C=O) groups excluding carboxylic acids is 2. The zero-order chi connectivity index (χ0) is 19.9. The molecule has 0 fully saturated rings. The molecule has 0 unspecified atom stereocenters. The highest BCUT2D eigenvalue weighted by atomic mass is 19.4. The van der Waals surface area contributed by atoms with Gasteiger partial charge in [-0.3, -0.25) is 9.59 Å². The van der Waals surface area contributed by atoms with E-state index in [1.807, 2.05) is 0 Å². The Morgan fingerprint density at radius 3 is 0.667 bits per heavy atom. The van der Waals surface area contributed by atoms with Gasteiger partial charge in [0, 0.05) is 0 Å². The molecule has 0 aliphatic heterocycles. The Bertz CT molecular complexity index is 310. The molecule has 15 heteroatoms. The number of carbonyl (C=O) groups is 2. The molecule has 2 N–H and O–H groups in total. The van der Waals surface area contributed by atoms with Crippen LogP contribution < -0.4 is 0 Å². The van der Waals surface area contributed by atoms with Crippen LogP contribution in [-0.4, -0.2) is 44.6 Å². The molecule has 0 atom stereocenters. The summed E-state index contributed by atoms with van der Waals surface area (Å²) in [6.07, 6.45) is -23.3. The fourth-order valence-corrected chi connectivity index (χ4v) is 0.321. The summed E-state index contributed by atoms with van der Waals surface area (Å²) in [6.45, 7) is 0. The maximum absolute atomic E-state index is 10.9. The van der Waals surface area contributed by atoms with Gasteiger partial charge in [0.15, 0.2) is 0 Å². The monoisotopic (exact) mass is 352 g/mol. The van der Waals surface area contributed by atoms with E-state index >= 15 is 0 Å². The van der Waals surface area contributed by atoms with Crippen molar-refractivity contribution in [2.45, 2.75) is 24.7 Å². The third kappa shape index (κ3) is 9.91. The van der Waals surface area contributed by atoms with Crippen LogP contribution in [0.25, 0.3) is 0 Å². The summed E-state index contributed by atoms with van der Waals surface area (Å²) in [4.78, 5) is 18.5. The fourth-order valence-electron chi connectivity index (χ4n) is 0.321. The minimum absolute atomic E-state index is 2.75. The predicted molar refractivity (Wildman–Crippen MR) is 37.8 cm³/mol. The summed E-state index contributed by atoms with van der Waals surface area (Å²) >= 11 is 0. The number of rotatable bonds is 0. The summed E-state index contributed by atoms with van der Waals surface area (Å²) in [5.41, 5.74) is 2.75. The van der Waals surface area contributed by atoms with Gasteiger partial charge in [0.05, 0.1) is 0 Å². The number of halogens is 12. The molecule has 0 aliphatic rings. The van der Waals surface area contributed by atoms with Crippen molar-refractivity contribution in [1.29, 1.82) is 2.86 Å².